The van der Waals surface area contributed by atoms with Gasteiger partial charge in [-0.25, -0.2) is 19.2 Å². The topological polar surface area (TPSA) is 154 Å². The molecule has 20 heavy (non-hydrogen) atoms. The molecule has 4 N–H and O–H groups in total. The molecular formula is C11H11NO8. The second-order valence-electron chi connectivity index (χ2n) is 3.82. The van der Waals surface area contributed by atoms with Crippen molar-refractivity contribution in [3.8, 4) is 0 Å². The summed E-state index contributed by atoms with van der Waals surface area (Å²) in [5.41, 5.74) is -3.77. The number of aromatic nitrogens is 1. The maximum atomic E-state index is 11.2. The summed E-state index contributed by atoms with van der Waals surface area (Å²) >= 11 is 0. The largest absolute Gasteiger partial charge is 0.478 e. The SMILES string of the molecule is CCCn1c(C(=O)O)c(C(=O)O)c(C(=O)O)c1C(=O)O. The van der Waals surface area contributed by atoms with Crippen LogP contribution < -0.4 is 0 Å². The Labute approximate surface area is 111 Å². The Morgan fingerprint density at radius 3 is 1.35 bits per heavy atom. The maximum absolute atomic E-state index is 11.2. The van der Waals surface area contributed by atoms with Crippen LogP contribution in [0.1, 0.15) is 55.0 Å². The lowest BCUT2D eigenvalue weighted by Crippen LogP contribution is -2.16. The van der Waals surface area contributed by atoms with E-state index in [2.05, 4.69) is 0 Å². The second-order valence-corrected chi connectivity index (χ2v) is 3.82. The van der Waals surface area contributed by atoms with Crippen LogP contribution in [0, 0.1) is 0 Å². The van der Waals surface area contributed by atoms with Crippen LogP contribution in [0.4, 0.5) is 0 Å². The summed E-state index contributed by atoms with van der Waals surface area (Å²) in [6, 6.07) is 0. The summed E-state index contributed by atoms with van der Waals surface area (Å²) in [7, 11) is 0. The number of nitrogens with zero attached hydrogens (tertiary/aromatic N) is 1. The molecular weight excluding hydrogens is 274 g/mol. The molecule has 0 saturated carbocycles. The molecule has 0 fully saturated rings. The van der Waals surface area contributed by atoms with Gasteiger partial charge in [0.25, 0.3) is 0 Å². The van der Waals surface area contributed by atoms with Crippen molar-refractivity contribution in [1.82, 2.24) is 4.57 Å². The van der Waals surface area contributed by atoms with Gasteiger partial charge in [0.2, 0.25) is 0 Å². The van der Waals surface area contributed by atoms with Crippen LogP contribution >= 0.6 is 0 Å². The first-order chi connectivity index (χ1) is 9.23. The first kappa shape index (κ1) is 15.2. The van der Waals surface area contributed by atoms with Crippen molar-refractivity contribution < 1.29 is 39.6 Å². The van der Waals surface area contributed by atoms with Crippen LogP contribution in [0.2, 0.25) is 0 Å². The Hall–Kier alpha value is -2.84. The minimum atomic E-state index is -1.81. The van der Waals surface area contributed by atoms with E-state index in [1.165, 1.54) is 0 Å². The number of aromatic carboxylic acids is 4. The number of hydrogen-bond donors (Lipinski definition) is 4. The lowest BCUT2D eigenvalue weighted by Gasteiger charge is -2.07. The summed E-state index contributed by atoms with van der Waals surface area (Å²) in [5, 5.41) is 36.1. The standard InChI is InChI=1S/C11H11NO8/c1-2-3-12-6(10(17)18)4(8(13)14)5(9(15)16)7(12)11(19)20/h2-3H2,1H3,(H,13,14)(H,15,16)(H,17,18)(H,19,20). The molecule has 0 radical (unpaired) electrons. The molecule has 9 heteroatoms. The zero-order valence-electron chi connectivity index (χ0n) is 10.3. The molecule has 1 heterocycles. The highest BCUT2D eigenvalue weighted by atomic mass is 16.4. The molecule has 0 unspecified atom stereocenters. The van der Waals surface area contributed by atoms with E-state index >= 15 is 0 Å². The van der Waals surface area contributed by atoms with Gasteiger partial charge in [-0.2, -0.15) is 0 Å². The van der Waals surface area contributed by atoms with Gasteiger partial charge in [0.15, 0.2) is 0 Å². The average Bonchev–Trinajstić information content (AvgIpc) is 2.64. The van der Waals surface area contributed by atoms with Gasteiger partial charge >= 0.3 is 23.9 Å². The van der Waals surface area contributed by atoms with Gasteiger partial charge in [0.1, 0.15) is 22.5 Å². The first-order valence-electron chi connectivity index (χ1n) is 5.43. The highest BCUT2D eigenvalue weighted by molar-refractivity contribution is 6.14. The van der Waals surface area contributed by atoms with Crippen molar-refractivity contribution in [3.05, 3.63) is 22.5 Å². The van der Waals surface area contributed by atoms with Gasteiger partial charge in [0.05, 0.1) is 0 Å². The maximum Gasteiger partial charge on any atom is 0.353 e. The second kappa shape index (κ2) is 5.43. The van der Waals surface area contributed by atoms with Crippen LogP contribution in [-0.2, 0) is 6.54 Å². The first-order valence-corrected chi connectivity index (χ1v) is 5.43. The molecule has 108 valence electrons. The zero-order chi connectivity index (χ0) is 15.6. The van der Waals surface area contributed by atoms with E-state index in [0.717, 1.165) is 0 Å². The molecule has 0 aliphatic heterocycles. The Balaban J connectivity index is 3.94. The monoisotopic (exact) mass is 285 g/mol. The highest BCUT2D eigenvalue weighted by Crippen LogP contribution is 2.25. The fourth-order valence-corrected chi connectivity index (χ4v) is 1.93. The van der Waals surface area contributed by atoms with Crippen LogP contribution in [-0.4, -0.2) is 48.9 Å². The van der Waals surface area contributed by atoms with E-state index in [4.69, 9.17) is 20.4 Å². The van der Waals surface area contributed by atoms with E-state index in [-0.39, 0.29) is 6.54 Å². The third-order valence-corrected chi connectivity index (χ3v) is 2.54. The van der Waals surface area contributed by atoms with Gasteiger partial charge in [-0.15, -0.1) is 0 Å². The fourth-order valence-electron chi connectivity index (χ4n) is 1.93. The van der Waals surface area contributed by atoms with Crippen molar-refractivity contribution in [3.63, 3.8) is 0 Å². The third-order valence-electron chi connectivity index (χ3n) is 2.54. The zero-order valence-corrected chi connectivity index (χ0v) is 10.3. The Morgan fingerprint density at radius 2 is 1.15 bits per heavy atom. The van der Waals surface area contributed by atoms with Crippen LogP contribution in [0.25, 0.3) is 0 Å². The van der Waals surface area contributed by atoms with Gasteiger partial charge in [-0.1, -0.05) is 6.92 Å². The molecule has 0 bridgehead atoms. The average molecular weight is 285 g/mol. The normalized spacial score (nSPS) is 10.2. The van der Waals surface area contributed by atoms with E-state index in [0.29, 0.717) is 11.0 Å². The fraction of sp³-hybridized carbons (Fsp3) is 0.273. The van der Waals surface area contributed by atoms with Gasteiger partial charge in [-0.05, 0) is 6.42 Å². The number of carbonyl (C=O) groups is 4. The molecule has 0 aliphatic carbocycles. The predicted octanol–water partition coefficient (Wildman–Crippen LogP) is 0.691. The Morgan fingerprint density at radius 1 is 0.800 bits per heavy atom. The number of carboxylic acids is 4. The van der Waals surface area contributed by atoms with E-state index < -0.39 is 46.4 Å². The third kappa shape index (κ3) is 2.32. The van der Waals surface area contributed by atoms with Crippen LogP contribution in [0.3, 0.4) is 0 Å². The minimum Gasteiger partial charge on any atom is -0.478 e. The number of carboxylic acid groups (broad SMARTS) is 4. The van der Waals surface area contributed by atoms with E-state index in [1.54, 1.807) is 6.92 Å². The van der Waals surface area contributed by atoms with Crippen molar-refractivity contribution in [2.75, 3.05) is 0 Å². The van der Waals surface area contributed by atoms with Crippen LogP contribution in [0.5, 0.6) is 0 Å². The van der Waals surface area contributed by atoms with E-state index in [1.807, 2.05) is 0 Å². The van der Waals surface area contributed by atoms with Crippen LogP contribution in [0.15, 0.2) is 0 Å². The molecule has 0 amide bonds. The summed E-state index contributed by atoms with van der Waals surface area (Å²) in [6.07, 6.45) is 0.299. The molecule has 1 aromatic rings. The lowest BCUT2D eigenvalue weighted by atomic mass is 10.1. The van der Waals surface area contributed by atoms with Gasteiger partial charge < -0.3 is 25.0 Å². The summed E-state index contributed by atoms with van der Waals surface area (Å²) in [4.78, 5) is 44.5. The molecule has 1 rings (SSSR count). The van der Waals surface area contributed by atoms with Gasteiger partial charge in [-0.3, -0.25) is 0 Å². The molecule has 9 nitrogen and oxygen atoms in total. The number of rotatable bonds is 6. The molecule has 0 atom stereocenters. The number of hydrogen-bond acceptors (Lipinski definition) is 4. The quantitative estimate of drug-likeness (QED) is 0.595. The summed E-state index contributed by atoms with van der Waals surface area (Å²) in [6.45, 7) is 1.48. The van der Waals surface area contributed by atoms with Crippen molar-refractivity contribution in [2.45, 2.75) is 19.9 Å². The minimum absolute atomic E-state index is 0.128. The van der Waals surface area contributed by atoms with Crippen molar-refractivity contribution in [1.29, 1.82) is 0 Å². The molecule has 0 saturated heterocycles. The molecule has 0 aliphatic rings. The van der Waals surface area contributed by atoms with E-state index in [9.17, 15) is 19.2 Å². The lowest BCUT2D eigenvalue weighted by molar-refractivity contribution is 0.0628. The predicted molar refractivity (Wildman–Crippen MR) is 62.6 cm³/mol. The highest BCUT2D eigenvalue weighted by Gasteiger charge is 2.36. The Kier molecular flexibility index (Phi) is 4.13. The summed E-state index contributed by atoms with van der Waals surface area (Å²) in [5.74, 6) is -7.02. The summed E-state index contributed by atoms with van der Waals surface area (Å²) < 4.78 is 0.692. The van der Waals surface area contributed by atoms with Crippen molar-refractivity contribution in [2.24, 2.45) is 0 Å². The van der Waals surface area contributed by atoms with Crippen molar-refractivity contribution >= 4 is 23.9 Å². The molecule has 0 aromatic carbocycles. The molecule has 1 aromatic heterocycles. The van der Waals surface area contributed by atoms with Gasteiger partial charge in [0, 0.05) is 6.54 Å². The molecule has 0 spiro atoms. The smallest absolute Gasteiger partial charge is 0.353 e. The Bertz CT molecular complexity index is 563.